The molecule has 14 heavy (non-hydrogen) atoms. The number of nitrogen functional groups attached to an aromatic ring is 1. The predicted octanol–water partition coefficient (Wildman–Crippen LogP) is 1.76. The highest BCUT2D eigenvalue weighted by molar-refractivity contribution is 5.45. The summed E-state index contributed by atoms with van der Waals surface area (Å²) in [4.78, 5) is 8.66. The standard InChI is InChI=1S/C10H16N4/c1-6(2)12-9-5-8(11)13-10(14-9)7-3-4-7/h5-7H,3-4H2,1-2H3,(H3,11,12,13,14). The molecule has 0 radical (unpaired) electrons. The van der Waals surface area contributed by atoms with Crippen LogP contribution in [-0.2, 0) is 0 Å². The molecule has 1 aromatic heterocycles. The first-order valence-corrected chi connectivity index (χ1v) is 5.06. The van der Waals surface area contributed by atoms with E-state index in [9.17, 15) is 0 Å². The SMILES string of the molecule is CC(C)Nc1cc(N)nc(C2CC2)n1. The third-order valence-electron chi connectivity index (χ3n) is 2.14. The van der Waals surface area contributed by atoms with Gasteiger partial charge in [-0.3, -0.25) is 0 Å². The molecule has 0 bridgehead atoms. The van der Waals surface area contributed by atoms with E-state index in [0.717, 1.165) is 11.6 Å². The Kier molecular flexibility index (Phi) is 2.27. The molecule has 0 saturated heterocycles. The highest BCUT2D eigenvalue weighted by Crippen LogP contribution is 2.38. The zero-order valence-corrected chi connectivity index (χ0v) is 8.62. The molecule has 0 amide bonds. The van der Waals surface area contributed by atoms with Crippen molar-refractivity contribution >= 4 is 11.6 Å². The van der Waals surface area contributed by atoms with Crippen LogP contribution in [0.25, 0.3) is 0 Å². The summed E-state index contributed by atoms with van der Waals surface area (Å²) < 4.78 is 0. The van der Waals surface area contributed by atoms with Gasteiger partial charge in [0.1, 0.15) is 17.5 Å². The highest BCUT2D eigenvalue weighted by atomic mass is 15.1. The molecule has 1 heterocycles. The summed E-state index contributed by atoms with van der Waals surface area (Å²) in [5.41, 5.74) is 5.71. The molecule has 1 saturated carbocycles. The number of rotatable bonds is 3. The van der Waals surface area contributed by atoms with Crippen molar-refractivity contribution in [2.45, 2.75) is 38.6 Å². The van der Waals surface area contributed by atoms with Crippen molar-refractivity contribution in [3.63, 3.8) is 0 Å². The number of hydrogen-bond donors (Lipinski definition) is 2. The Morgan fingerprint density at radius 2 is 2.14 bits per heavy atom. The molecule has 0 aromatic carbocycles. The van der Waals surface area contributed by atoms with E-state index in [4.69, 9.17) is 5.73 Å². The third kappa shape index (κ3) is 2.13. The van der Waals surface area contributed by atoms with Gasteiger partial charge in [-0.25, -0.2) is 9.97 Å². The predicted molar refractivity (Wildman–Crippen MR) is 57.2 cm³/mol. The van der Waals surface area contributed by atoms with Gasteiger partial charge in [0.05, 0.1) is 0 Å². The van der Waals surface area contributed by atoms with Crippen LogP contribution in [0.4, 0.5) is 11.6 Å². The number of nitrogens with one attached hydrogen (secondary N) is 1. The van der Waals surface area contributed by atoms with Crippen molar-refractivity contribution in [1.82, 2.24) is 9.97 Å². The van der Waals surface area contributed by atoms with E-state index >= 15 is 0 Å². The zero-order valence-electron chi connectivity index (χ0n) is 8.62. The Morgan fingerprint density at radius 1 is 1.43 bits per heavy atom. The summed E-state index contributed by atoms with van der Waals surface area (Å²) in [5.74, 6) is 2.85. The minimum Gasteiger partial charge on any atom is -0.384 e. The summed E-state index contributed by atoms with van der Waals surface area (Å²) in [7, 11) is 0. The molecule has 1 fully saturated rings. The van der Waals surface area contributed by atoms with E-state index in [1.807, 2.05) is 0 Å². The van der Waals surface area contributed by atoms with E-state index in [2.05, 4.69) is 29.1 Å². The molecule has 4 heteroatoms. The van der Waals surface area contributed by atoms with Gasteiger partial charge in [-0.05, 0) is 26.7 Å². The highest BCUT2D eigenvalue weighted by Gasteiger charge is 2.27. The molecule has 1 aliphatic carbocycles. The lowest BCUT2D eigenvalue weighted by Crippen LogP contribution is -2.12. The first-order chi connectivity index (χ1) is 6.65. The summed E-state index contributed by atoms with van der Waals surface area (Å²) in [6, 6.07) is 2.16. The summed E-state index contributed by atoms with van der Waals surface area (Å²) >= 11 is 0. The molecule has 1 aromatic rings. The maximum Gasteiger partial charge on any atom is 0.136 e. The number of anilines is 2. The van der Waals surface area contributed by atoms with E-state index in [-0.39, 0.29) is 0 Å². The van der Waals surface area contributed by atoms with Crippen LogP contribution in [0, 0.1) is 0 Å². The van der Waals surface area contributed by atoms with E-state index in [0.29, 0.717) is 17.8 Å². The average Bonchev–Trinajstić information content (AvgIpc) is 2.82. The second kappa shape index (κ2) is 3.44. The lowest BCUT2D eigenvalue weighted by Gasteiger charge is -2.10. The van der Waals surface area contributed by atoms with Gasteiger partial charge in [0, 0.05) is 18.0 Å². The van der Waals surface area contributed by atoms with Crippen LogP contribution in [0.5, 0.6) is 0 Å². The van der Waals surface area contributed by atoms with Crippen LogP contribution in [0.2, 0.25) is 0 Å². The van der Waals surface area contributed by atoms with Crippen LogP contribution in [0.1, 0.15) is 38.4 Å². The van der Waals surface area contributed by atoms with Crippen molar-refractivity contribution in [3.05, 3.63) is 11.9 Å². The van der Waals surface area contributed by atoms with Crippen LogP contribution in [-0.4, -0.2) is 16.0 Å². The monoisotopic (exact) mass is 192 g/mol. The van der Waals surface area contributed by atoms with Crippen LogP contribution in [0.15, 0.2) is 6.07 Å². The third-order valence-corrected chi connectivity index (χ3v) is 2.14. The van der Waals surface area contributed by atoms with Crippen LogP contribution in [0.3, 0.4) is 0 Å². The van der Waals surface area contributed by atoms with Gasteiger partial charge in [0.2, 0.25) is 0 Å². The van der Waals surface area contributed by atoms with Gasteiger partial charge in [0.25, 0.3) is 0 Å². The minimum atomic E-state index is 0.372. The van der Waals surface area contributed by atoms with Gasteiger partial charge in [-0.1, -0.05) is 0 Å². The Bertz CT molecular complexity index is 331. The fraction of sp³-hybridized carbons (Fsp3) is 0.600. The van der Waals surface area contributed by atoms with Crippen molar-refractivity contribution in [2.75, 3.05) is 11.1 Å². The van der Waals surface area contributed by atoms with Gasteiger partial charge in [0.15, 0.2) is 0 Å². The molecular formula is C10H16N4. The Morgan fingerprint density at radius 3 is 2.71 bits per heavy atom. The van der Waals surface area contributed by atoms with Gasteiger partial charge in [-0.15, -0.1) is 0 Å². The van der Waals surface area contributed by atoms with Crippen molar-refractivity contribution < 1.29 is 0 Å². The first kappa shape index (κ1) is 9.24. The Hall–Kier alpha value is -1.32. The first-order valence-electron chi connectivity index (χ1n) is 5.06. The van der Waals surface area contributed by atoms with Crippen LogP contribution >= 0.6 is 0 Å². The number of hydrogen-bond acceptors (Lipinski definition) is 4. The smallest absolute Gasteiger partial charge is 0.136 e. The maximum absolute atomic E-state index is 5.71. The average molecular weight is 192 g/mol. The summed E-state index contributed by atoms with van der Waals surface area (Å²) in [5, 5.41) is 3.24. The van der Waals surface area contributed by atoms with E-state index < -0.39 is 0 Å². The fourth-order valence-corrected chi connectivity index (χ4v) is 1.38. The molecular weight excluding hydrogens is 176 g/mol. The van der Waals surface area contributed by atoms with E-state index in [1.165, 1.54) is 12.8 Å². The molecule has 0 spiro atoms. The lowest BCUT2D eigenvalue weighted by molar-refractivity contribution is 0.867. The molecule has 0 atom stereocenters. The number of nitrogens with two attached hydrogens (primary N) is 1. The van der Waals surface area contributed by atoms with Gasteiger partial charge in [-0.2, -0.15) is 0 Å². The quantitative estimate of drug-likeness (QED) is 0.766. The van der Waals surface area contributed by atoms with Crippen molar-refractivity contribution in [1.29, 1.82) is 0 Å². The van der Waals surface area contributed by atoms with Gasteiger partial charge < -0.3 is 11.1 Å². The second-order valence-corrected chi connectivity index (χ2v) is 4.11. The normalized spacial score (nSPS) is 15.9. The molecule has 4 nitrogen and oxygen atoms in total. The summed E-state index contributed by atoms with van der Waals surface area (Å²) in [6.07, 6.45) is 2.40. The maximum atomic E-state index is 5.71. The molecule has 1 aliphatic rings. The number of nitrogens with zero attached hydrogens (tertiary/aromatic N) is 2. The molecule has 76 valence electrons. The molecule has 2 rings (SSSR count). The molecule has 0 unspecified atom stereocenters. The Balaban J connectivity index is 2.22. The van der Waals surface area contributed by atoms with Crippen LogP contribution < -0.4 is 11.1 Å². The lowest BCUT2D eigenvalue weighted by atomic mass is 10.3. The minimum absolute atomic E-state index is 0.372. The topological polar surface area (TPSA) is 63.8 Å². The number of aromatic nitrogens is 2. The van der Waals surface area contributed by atoms with E-state index in [1.54, 1.807) is 6.07 Å². The zero-order chi connectivity index (χ0) is 10.1. The second-order valence-electron chi connectivity index (χ2n) is 4.11. The molecule has 3 N–H and O–H groups in total. The Labute approximate surface area is 83.9 Å². The summed E-state index contributed by atoms with van der Waals surface area (Å²) in [6.45, 7) is 4.16. The van der Waals surface area contributed by atoms with Gasteiger partial charge >= 0.3 is 0 Å². The fourth-order valence-electron chi connectivity index (χ4n) is 1.38. The largest absolute Gasteiger partial charge is 0.384 e. The van der Waals surface area contributed by atoms with Crippen molar-refractivity contribution in [2.24, 2.45) is 0 Å². The molecule has 0 aliphatic heterocycles. The van der Waals surface area contributed by atoms with Crippen molar-refractivity contribution in [3.8, 4) is 0 Å².